The van der Waals surface area contributed by atoms with E-state index in [9.17, 15) is 13.6 Å². The monoisotopic (exact) mass is 270 g/mol. The van der Waals surface area contributed by atoms with Gasteiger partial charge in [-0.3, -0.25) is 10.2 Å². The van der Waals surface area contributed by atoms with Crippen LogP contribution >= 0.6 is 0 Å². The minimum Gasteiger partial charge on any atom is -0.396 e. The largest absolute Gasteiger partial charge is 0.396 e. The van der Waals surface area contributed by atoms with Crippen molar-refractivity contribution in [2.45, 2.75) is 0 Å². The van der Waals surface area contributed by atoms with Crippen LogP contribution in [0.5, 0.6) is 0 Å². The van der Waals surface area contributed by atoms with Crippen molar-refractivity contribution >= 4 is 11.6 Å². The maximum Gasteiger partial charge on any atom is 0.268 e. The summed E-state index contributed by atoms with van der Waals surface area (Å²) in [7, 11) is 1.98. The van der Waals surface area contributed by atoms with Crippen molar-refractivity contribution < 1.29 is 13.6 Å². The van der Waals surface area contributed by atoms with Crippen molar-refractivity contribution in [2.75, 3.05) is 39.0 Å². The van der Waals surface area contributed by atoms with Crippen LogP contribution in [0.15, 0.2) is 12.1 Å². The highest BCUT2D eigenvalue weighted by molar-refractivity contribution is 5.95. The number of rotatable bonds is 2. The molecule has 1 aromatic rings. The van der Waals surface area contributed by atoms with E-state index in [1.165, 1.54) is 0 Å². The molecule has 0 aromatic heterocycles. The number of hydrazine groups is 1. The third-order valence-corrected chi connectivity index (χ3v) is 3.07. The lowest BCUT2D eigenvalue weighted by molar-refractivity contribution is 0.0658. The van der Waals surface area contributed by atoms with E-state index in [-0.39, 0.29) is 11.3 Å². The van der Waals surface area contributed by atoms with E-state index in [2.05, 4.69) is 10.3 Å². The van der Waals surface area contributed by atoms with Gasteiger partial charge in [-0.2, -0.15) is 0 Å². The lowest BCUT2D eigenvalue weighted by atomic mass is 10.1. The molecule has 0 unspecified atom stereocenters. The van der Waals surface area contributed by atoms with Crippen molar-refractivity contribution in [2.24, 2.45) is 0 Å². The standard InChI is InChI=1S/C12H16F2N4O/c1-17-2-4-18(5-3-17)16-12(19)9-6-8(13)7-10(15)11(9)14/h6-7H,2-5,15H2,1H3,(H,16,19). The number of benzene rings is 1. The average molecular weight is 270 g/mol. The Kier molecular flexibility index (Phi) is 3.96. The summed E-state index contributed by atoms with van der Waals surface area (Å²) in [6, 6.07) is 1.69. The third-order valence-electron chi connectivity index (χ3n) is 3.07. The second-order valence-electron chi connectivity index (χ2n) is 4.59. The predicted octanol–water partition coefficient (Wildman–Crippen LogP) is 0.439. The number of nitrogens with two attached hydrogens (primary N) is 1. The Morgan fingerprint density at radius 2 is 1.89 bits per heavy atom. The molecule has 1 amide bonds. The second kappa shape index (κ2) is 5.50. The summed E-state index contributed by atoms with van der Waals surface area (Å²) >= 11 is 0. The number of hydrogen-bond donors (Lipinski definition) is 2. The van der Waals surface area contributed by atoms with E-state index in [1.54, 1.807) is 5.01 Å². The highest BCUT2D eigenvalue weighted by Crippen LogP contribution is 2.17. The Morgan fingerprint density at radius 1 is 1.26 bits per heavy atom. The number of anilines is 1. The number of nitrogens with one attached hydrogen (secondary N) is 1. The zero-order chi connectivity index (χ0) is 14.0. The van der Waals surface area contributed by atoms with Crippen LogP contribution in [0.4, 0.5) is 14.5 Å². The average Bonchev–Trinajstić information content (AvgIpc) is 2.36. The van der Waals surface area contributed by atoms with Crippen LogP contribution in [0.1, 0.15) is 10.4 Å². The molecule has 5 nitrogen and oxygen atoms in total. The maximum absolute atomic E-state index is 13.7. The van der Waals surface area contributed by atoms with Crippen molar-refractivity contribution in [3.05, 3.63) is 29.3 Å². The van der Waals surface area contributed by atoms with Gasteiger partial charge in [0, 0.05) is 26.2 Å². The van der Waals surface area contributed by atoms with E-state index >= 15 is 0 Å². The SMILES string of the molecule is CN1CCN(NC(=O)c2cc(F)cc(N)c2F)CC1. The van der Waals surface area contributed by atoms with Crippen LogP contribution in [0.3, 0.4) is 0 Å². The molecule has 3 N–H and O–H groups in total. The first-order chi connectivity index (χ1) is 8.97. The fraction of sp³-hybridized carbons (Fsp3) is 0.417. The molecule has 2 rings (SSSR count). The highest BCUT2D eigenvalue weighted by Gasteiger charge is 2.20. The molecule has 1 aliphatic heterocycles. The first kappa shape index (κ1) is 13.7. The second-order valence-corrected chi connectivity index (χ2v) is 4.59. The number of hydrogen-bond acceptors (Lipinski definition) is 4. The van der Waals surface area contributed by atoms with Crippen LogP contribution in [-0.2, 0) is 0 Å². The molecule has 0 bridgehead atoms. The molecule has 1 saturated heterocycles. The first-order valence-electron chi connectivity index (χ1n) is 5.96. The minimum absolute atomic E-state index is 0.372. The molecular weight excluding hydrogens is 254 g/mol. The molecule has 1 aromatic carbocycles. The van der Waals surface area contributed by atoms with Crippen LogP contribution in [0.25, 0.3) is 0 Å². The van der Waals surface area contributed by atoms with E-state index in [1.807, 2.05) is 7.05 Å². The zero-order valence-electron chi connectivity index (χ0n) is 10.6. The minimum atomic E-state index is -0.895. The predicted molar refractivity (Wildman–Crippen MR) is 67.3 cm³/mol. The number of carbonyl (C=O) groups is 1. The van der Waals surface area contributed by atoms with Gasteiger partial charge in [0.1, 0.15) is 5.82 Å². The molecule has 0 saturated carbocycles. The Morgan fingerprint density at radius 3 is 2.53 bits per heavy atom. The fourth-order valence-electron chi connectivity index (χ4n) is 1.90. The van der Waals surface area contributed by atoms with Gasteiger partial charge >= 0.3 is 0 Å². The molecule has 1 aliphatic rings. The van der Waals surface area contributed by atoms with Gasteiger partial charge in [0.05, 0.1) is 11.3 Å². The van der Waals surface area contributed by atoms with Gasteiger partial charge in [-0.15, -0.1) is 0 Å². The molecule has 104 valence electrons. The van der Waals surface area contributed by atoms with Gasteiger partial charge in [-0.05, 0) is 19.2 Å². The van der Waals surface area contributed by atoms with Crippen molar-refractivity contribution in [3.8, 4) is 0 Å². The van der Waals surface area contributed by atoms with Gasteiger partial charge in [0.15, 0.2) is 5.82 Å². The number of likely N-dealkylation sites (N-methyl/N-ethyl adjacent to an activating group) is 1. The lowest BCUT2D eigenvalue weighted by Gasteiger charge is -2.32. The topological polar surface area (TPSA) is 61.6 Å². The van der Waals surface area contributed by atoms with Crippen LogP contribution in [-0.4, -0.2) is 49.0 Å². The zero-order valence-corrected chi connectivity index (χ0v) is 10.6. The Labute approximate surface area is 109 Å². The molecular formula is C12H16F2N4O. The maximum atomic E-state index is 13.7. The molecule has 0 radical (unpaired) electrons. The van der Waals surface area contributed by atoms with Gasteiger partial charge in [-0.1, -0.05) is 0 Å². The number of carbonyl (C=O) groups excluding carboxylic acids is 1. The third kappa shape index (κ3) is 3.18. The molecule has 1 fully saturated rings. The van der Waals surface area contributed by atoms with E-state index in [0.29, 0.717) is 13.1 Å². The summed E-state index contributed by atoms with van der Waals surface area (Å²) in [5.41, 5.74) is 7.10. The smallest absolute Gasteiger partial charge is 0.268 e. The Balaban J connectivity index is 2.08. The number of halogens is 2. The molecule has 7 heteroatoms. The van der Waals surface area contributed by atoms with E-state index < -0.39 is 17.5 Å². The van der Waals surface area contributed by atoms with E-state index in [4.69, 9.17) is 5.73 Å². The van der Waals surface area contributed by atoms with Crippen molar-refractivity contribution in [1.82, 2.24) is 15.3 Å². The molecule has 0 aliphatic carbocycles. The summed E-state index contributed by atoms with van der Waals surface area (Å²) in [6.07, 6.45) is 0. The van der Waals surface area contributed by atoms with Crippen LogP contribution < -0.4 is 11.2 Å². The molecule has 0 spiro atoms. The molecule has 1 heterocycles. The summed E-state index contributed by atoms with van der Waals surface area (Å²) in [4.78, 5) is 14.0. The summed E-state index contributed by atoms with van der Waals surface area (Å²) in [6.45, 7) is 2.87. The number of piperazine rings is 1. The fourth-order valence-corrected chi connectivity index (χ4v) is 1.90. The van der Waals surface area contributed by atoms with Gasteiger partial charge in [0.25, 0.3) is 5.91 Å². The Bertz CT molecular complexity index is 487. The summed E-state index contributed by atoms with van der Waals surface area (Å²) < 4.78 is 26.8. The first-order valence-corrected chi connectivity index (χ1v) is 5.96. The van der Waals surface area contributed by atoms with E-state index in [0.717, 1.165) is 25.2 Å². The Hall–Kier alpha value is -1.73. The van der Waals surface area contributed by atoms with Gasteiger partial charge < -0.3 is 10.6 Å². The molecule has 19 heavy (non-hydrogen) atoms. The summed E-state index contributed by atoms with van der Waals surface area (Å²) in [5.74, 6) is -2.32. The van der Waals surface area contributed by atoms with Crippen LogP contribution in [0, 0.1) is 11.6 Å². The van der Waals surface area contributed by atoms with Crippen molar-refractivity contribution in [1.29, 1.82) is 0 Å². The highest BCUT2D eigenvalue weighted by atomic mass is 19.1. The normalized spacial score (nSPS) is 17.4. The number of nitrogen functional groups attached to an aromatic ring is 1. The van der Waals surface area contributed by atoms with Crippen LogP contribution in [0.2, 0.25) is 0 Å². The van der Waals surface area contributed by atoms with Gasteiger partial charge in [0.2, 0.25) is 0 Å². The van der Waals surface area contributed by atoms with Gasteiger partial charge in [-0.25, -0.2) is 13.8 Å². The number of amides is 1. The summed E-state index contributed by atoms with van der Waals surface area (Å²) in [5, 5.41) is 1.68. The molecule has 0 atom stereocenters. The number of nitrogens with zero attached hydrogens (tertiary/aromatic N) is 2. The lowest BCUT2D eigenvalue weighted by Crippen LogP contribution is -2.52. The quantitative estimate of drug-likeness (QED) is 0.766. The van der Waals surface area contributed by atoms with Crippen molar-refractivity contribution in [3.63, 3.8) is 0 Å².